The summed E-state index contributed by atoms with van der Waals surface area (Å²) in [5.74, 6) is 0. The molecule has 0 fully saturated rings. The van der Waals surface area contributed by atoms with Crippen molar-refractivity contribution in [1.82, 2.24) is 10.0 Å². The van der Waals surface area contributed by atoms with Gasteiger partial charge in [-0.15, -0.1) is 0 Å². The zero-order chi connectivity index (χ0) is 16.3. The number of hydrogen-bond donors (Lipinski definition) is 2. The summed E-state index contributed by atoms with van der Waals surface area (Å²) < 4.78 is 61.7. The van der Waals surface area contributed by atoms with E-state index in [1.165, 1.54) is 10.8 Å². The van der Waals surface area contributed by atoms with Crippen LogP contribution >= 0.6 is 15.9 Å². The molecule has 1 rings (SSSR count). The molecule has 9 heteroatoms. The molecule has 0 atom stereocenters. The van der Waals surface area contributed by atoms with E-state index in [-0.39, 0.29) is 15.4 Å². The van der Waals surface area contributed by atoms with Crippen LogP contribution in [-0.4, -0.2) is 27.2 Å². The molecule has 0 aliphatic heterocycles. The molecular formula is C12H16BrF3N2O2S. The van der Waals surface area contributed by atoms with Gasteiger partial charge in [0.1, 0.15) is 6.54 Å². The Morgan fingerprint density at radius 3 is 2.38 bits per heavy atom. The van der Waals surface area contributed by atoms with E-state index < -0.39 is 22.7 Å². The second-order valence-electron chi connectivity index (χ2n) is 4.74. The summed E-state index contributed by atoms with van der Waals surface area (Å²) >= 11 is 3.08. The van der Waals surface area contributed by atoms with Gasteiger partial charge in [-0.2, -0.15) is 13.2 Å². The highest BCUT2D eigenvalue weighted by Crippen LogP contribution is 2.24. The molecule has 0 bridgehead atoms. The van der Waals surface area contributed by atoms with Crippen molar-refractivity contribution in [1.29, 1.82) is 0 Å². The van der Waals surface area contributed by atoms with E-state index in [9.17, 15) is 21.6 Å². The molecule has 4 nitrogen and oxygen atoms in total. The van der Waals surface area contributed by atoms with E-state index in [1.54, 1.807) is 12.1 Å². The quantitative estimate of drug-likeness (QED) is 0.787. The van der Waals surface area contributed by atoms with E-state index >= 15 is 0 Å². The summed E-state index contributed by atoms with van der Waals surface area (Å²) in [5.41, 5.74) is 0.824. The average Bonchev–Trinajstić information content (AvgIpc) is 2.33. The highest BCUT2D eigenvalue weighted by atomic mass is 79.9. The van der Waals surface area contributed by atoms with Crippen molar-refractivity contribution in [2.24, 2.45) is 0 Å². The number of benzene rings is 1. The summed E-state index contributed by atoms with van der Waals surface area (Å²) in [7, 11) is -4.21. The van der Waals surface area contributed by atoms with E-state index in [2.05, 4.69) is 21.2 Å². The molecule has 0 saturated heterocycles. The minimum Gasteiger partial charge on any atom is -0.310 e. The van der Waals surface area contributed by atoms with Gasteiger partial charge in [0.05, 0.1) is 4.90 Å². The predicted molar refractivity (Wildman–Crippen MR) is 77.4 cm³/mol. The zero-order valence-electron chi connectivity index (χ0n) is 11.5. The van der Waals surface area contributed by atoms with Crippen molar-refractivity contribution in [3.63, 3.8) is 0 Å². The Bertz CT molecular complexity index is 589. The van der Waals surface area contributed by atoms with Crippen LogP contribution in [0.3, 0.4) is 0 Å². The van der Waals surface area contributed by atoms with Crippen LogP contribution < -0.4 is 10.0 Å². The fourth-order valence-corrected chi connectivity index (χ4v) is 3.59. The van der Waals surface area contributed by atoms with E-state index in [4.69, 9.17) is 0 Å². The number of sulfonamides is 1. The highest BCUT2D eigenvalue weighted by molar-refractivity contribution is 9.10. The van der Waals surface area contributed by atoms with Gasteiger partial charge in [0.25, 0.3) is 0 Å². The lowest BCUT2D eigenvalue weighted by atomic mass is 10.2. The lowest BCUT2D eigenvalue weighted by molar-refractivity contribution is -0.121. The molecule has 0 aliphatic rings. The highest BCUT2D eigenvalue weighted by Gasteiger charge is 2.30. The molecule has 0 aliphatic carbocycles. The third-order valence-electron chi connectivity index (χ3n) is 2.46. The lowest BCUT2D eigenvalue weighted by Crippen LogP contribution is -2.34. The van der Waals surface area contributed by atoms with Gasteiger partial charge >= 0.3 is 6.18 Å². The lowest BCUT2D eigenvalue weighted by Gasteiger charge is -2.12. The van der Waals surface area contributed by atoms with Gasteiger partial charge < -0.3 is 5.32 Å². The van der Waals surface area contributed by atoms with Crippen molar-refractivity contribution in [3.05, 3.63) is 28.2 Å². The molecule has 2 N–H and O–H groups in total. The van der Waals surface area contributed by atoms with Gasteiger partial charge in [-0.25, -0.2) is 13.1 Å². The largest absolute Gasteiger partial charge is 0.402 e. The van der Waals surface area contributed by atoms with Crippen molar-refractivity contribution < 1.29 is 21.6 Å². The van der Waals surface area contributed by atoms with Gasteiger partial charge in [-0.05, 0) is 33.6 Å². The maximum Gasteiger partial charge on any atom is 0.402 e. The van der Waals surface area contributed by atoms with Crippen LogP contribution in [-0.2, 0) is 16.6 Å². The van der Waals surface area contributed by atoms with Crippen molar-refractivity contribution >= 4 is 26.0 Å². The average molecular weight is 389 g/mol. The van der Waals surface area contributed by atoms with Crippen LogP contribution in [0.5, 0.6) is 0 Å². The molecule has 120 valence electrons. The van der Waals surface area contributed by atoms with Crippen LogP contribution in [0.4, 0.5) is 13.2 Å². The Hall–Kier alpha value is -0.640. The summed E-state index contributed by atoms with van der Waals surface area (Å²) in [6.07, 6.45) is -4.60. The summed E-state index contributed by atoms with van der Waals surface area (Å²) in [5, 5.41) is 3.16. The molecule has 0 amide bonds. The molecule has 1 aromatic carbocycles. The first-order valence-corrected chi connectivity index (χ1v) is 8.37. The minimum absolute atomic E-state index is 0.222. The van der Waals surface area contributed by atoms with Gasteiger partial charge in [0, 0.05) is 17.1 Å². The van der Waals surface area contributed by atoms with Crippen molar-refractivity contribution in [2.45, 2.75) is 37.5 Å². The molecule has 0 unspecified atom stereocenters. The first-order valence-electron chi connectivity index (χ1n) is 6.09. The van der Waals surface area contributed by atoms with Gasteiger partial charge in [-0.1, -0.05) is 19.9 Å². The Morgan fingerprint density at radius 1 is 1.29 bits per heavy atom. The molecule has 1 aromatic rings. The second kappa shape index (κ2) is 7.08. The van der Waals surface area contributed by atoms with Gasteiger partial charge in [0.15, 0.2) is 0 Å². The minimum atomic E-state index is -4.60. The third kappa shape index (κ3) is 6.33. The Kier molecular flexibility index (Phi) is 6.21. The van der Waals surface area contributed by atoms with Gasteiger partial charge in [0.2, 0.25) is 10.0 Å². The smallest absolute Gasteiger partial charge is 0.310 e. The Balaban J connectivity index is 2.88. The number of hydrogen-bond acceptors (Lipinski definition) is 3. The van der Waals surface area contributed by atoms with Crippen LogP contribution in [0.2, 0.25) is 0 Å². The molecule has 0 aromatic heterocycles. The SMILES string of the molecule is CC(C)NCc1ccc(S(=O)(=O)NCC(F)(F)F)c(Br)c1. The van der Waals surface area contributed by atoms with Crippen LogP contribution in [0.15, 0.2) is 27.6 Å². The Morgan fingerprint density at radius 2 is 1.90 bits per heavy atom. The standard InChI is InChI=1S/C12H16BrF3N2O2S/c1-8(2)17-6-9-3-4-11(10(13)5-9)21(19,20)18-7-12(14,15)16/h3-5,8,17-18H,6-7H2,1-2H3. The van der Waals surface area contributed by atoms with E-state index in [0.29, 0.717) is 6.54 Å². The molecule has 0 heterocycles. The molecular weight excluding hydrogens is 373 g/mol. The summed E-state index contributed by atoms with van der Waals surface area (Å²) in [6.45, 7) is 2.87. The van der Waals surface area contributed by atoms with Gasteiger partial charge in [-0.3, -0.25) is 0 Å². The van der Waals surface area contributed by atoms with Crippen LogP contribution in [0.25, 0.3) is 0 Å². The maximum absolute atomic E-state index is 12.1. The first-order chi connectivity index (χ1) is 9.51. The normalized spacial score (nSPS) is 12.9. The van der Waals surface area contributed by atoms with Crippen LogP contribution in [0, 0.1) is 0 Å². The molecule has 0 spiro atoms. The second-order valence-corrected chi connectivity index (χ2v) is 7.33. The third-order valence-corrected chi connectivity index (χ3v) is 4.84. The predicted octanol–water partition coefficient (Wildman–Crippen LogP) is 2.79. The summed E-state index contributed by atoms with van der Waals surface area (Å²) in [4.78, 5) is -0.222. The molecule has 0 saturated carbocycles. The van der Waals surface area contributed by atoms with Crippen molar-refractivity contribution in [2.75, 3.05) is 6.54 Å². The monoisotopic (exact) mass is 388 g/mol. The number of rotatable bonds is 6. The van der Waals surface area contributed by atoms with E-state index in [0.717, 1.165) is 5.56 Å². The molecule has 21 heavy (non-hydrogen) atoms. The fraction of sp³-hybridized carbons (Fsp3) is 0.500. The molecule has 0 radical (unpaired) electrons. The topological polar surface area (TPSA) is 58.2 Å². The Labute approximate surface area is 130 Å². The van der Waals surface area contributed by atoms with Crippen LogP contribution in [0.1, 0.15) is 19.4 Å². The number of halogens is 4. The van der Waals surface area contributed by atoms with Crippen molar-refractivity contribution in [3.8, 4) is 0 Å². The number of nitrogens with one attached hydrogen (secondary N) is 2. The van der Waals surface area contributed by atoms with E-state index in [1.807, 2.05) is 13.8 Å². The number of alkyl halides is 3. The first kappa shape index (κ1) is 18.4. The maximum atomic E-state index is 12.1. The fourth-order valence-electron chi connectivity index (χ4n) is 1.45. The summed E-state index contributed by atoms with van der Waals surface area (Å²) in [6, 6.07) is 4.67. The zero-order valence-corrected chi connectivity index (χ0v) is 13.9.